The van der Waals surface area contributed by atoms with Crippen molar-refractivity contribution in [2.45, 2.75) is 76.7 Å². The first-order chi connectivity index (χ1) is 23.2. The summed E-state index contributed by atoms with van der Waals surface area (Å²) in [7, 11) is 2.19. The van der Waals surface area contributed by atoms with Crippen LogP contribution in [0.5, 0.6) is 0 Å². The predicted molar refractivity (Wildman–Crippen MR) is 195 cm³/mol. The monoisotopic (exact) mass is 682 g/mol. The van der Waals surface area contributed by atoms with Crippen LogP contribution >= 0.6 is 0 Å². The molecule has 0 bridgehead atoms. The van der Waals surface area contributed by atoms with Crippen LogP contribution in [0.2, 0.25) is 5.04 Å². The smallest absolute Gasteiger partial charge is 0.261 e. The maximum absolute atomic E-state index is 10.6. The van der Waals surface area contributed by atoms with Crippen LogP contribution in [0.3, 0.4) is 0 Å². The van der Waals surface area contributed by atoms with Crippen LogP contribution < -0.4 is 10.4 Å². The van der Waals surface area contributed by atoms with Crippen molar-refractivity contribution in [3.05, 3.63) is 97.1 Å². The number of ether oxygens (including phenoxy) is 6. The number of benzene rings is 2. The number of carbonyl (C=O) groups is 1. The van der Waals surface area contributed by atoms with Gasteiger partial charge in [0.05, 0.1) is 18.3 Å². The summed E-state index contributed by atoms with van der Waals surface area (Å²) in [5.74, 6) is 0.170. The van der Waals surface area contributed by atoms with E-state index in [1.54, 1.807) is 21.3 Å². The first-order valence-electron chi connectivity index (χ1n) is 16.7. The lowest BCUT2D eigenvalue weighted by Gasteiger charge is -2.43. The Labute approximate surface area is 290 Å². The summed E-state index contributed by atoms with van der Waals surface area (Å²) in [5, 5.41) is 2.39. The van der Waals surface area contributed by atoms with Crippen LogP contribution in [0.25, 0.3) is 0 Å². The summed E-state index contributed by atoms with van der Waals surface area (Å²) in [6, 6.07) is 21.3. The minimum absolute atomic E-state index is 0.112. The Hall–Kier alpha value is -2.73. The van der Waals surface area contributed by atoms with E-state index in [1.807, 2.05) is 24.3 Å². The van der Waals surface area contributed by atoms with Gasteiger partial charge in [0, 0.05) is 34.4 Å². The number of carbonyl (C=O) groups excluding carboxylic acids is 1. The van der Waals surface area contributed by atoms with Crippen molar-refractivity contribution < 1.29 is 37.6 Å². The van der Waals surface area contributed by atoms with Gasteiger partial charge in [-0.25, -0.2) is 0 Å². The molecule has 0 saturated carbocycles. The number of aldehydes is 1. The average molecular weight is 683 g/mol. The molecule has 0 heterocycles. The van der Waals surface area contributed by atoms with E-state index in [0.717, 1.165) is 12.7 Å². The van der Waals surface area contributed by atoms with Gasteiger partial charge < -0.3 is 32.8 Å². The predicted octanol–water partition coefficient (Wildman–Crippen LogP) is 6.59. The van der Waals surface area contributed by atoms with Crippen molar-refractivity contribution in [3.63, 3.8) is 0 Å². The highest BCUT2D eigenvalue weighted by Crippen LogP contribution is 2.37. The number of rotatable bonds is 25. The van der Waals surface area contributed by atoms with Crippen LogP contribution in [0.1, 0.15) is 53.4 Å². The third kappa shape index (κ3) is 14.0. The summed E-state index contributed by atoms with van der Waals surface area (Å²) in [5.41, 5.74) is 0. The average Bonchev–Trinajstić information content (AvgIpc) is 3.09. The standard InChI is InChI=1S/C39H58O8Si/c1-33(19-17-18-27-40)38(46-32-43-7)25-16-8-11-20-34(44-30-41-5)29-35(45-31-42-6)26-28-47-48(39(2,3)4,36-21-12-9-13-22-36)37-23-14-10-15-24-37/h8-18,21-25,27,33-35,38H,19-20,26,28-32H2,1-7H3/b11-8+,18-17+,25-16-/t33-,34+,35-,38+/m0/s1. The van der Waals surface area contributed by atoms with Gasteiger partial charge in [-0.05, 0) is 46.7 Å². The Bertz CT molecular complexity index is 1160. The minimum atomic E-state index is -2.67. The molecule has 48 heavy (non-hydrogen) atoms. The Balaban J connectivity index is 2.18. The zero-order chi connectivity index (χ0) is 35.1. The van der Waals surface area contributed by atoms with Crippen molar-refractivity contribution >= 4 is 25.0 Å². The van der Waals surface area contributed by atoms with Gasteiger partial charge in [0.1, 0.15) is 26.7 Å². The highest BCUT2D eigenvalue weighted by atomic mass is 28.4. The van der Waals surface area contributed by atoms with E-state index in [9.17, 15) is 4.79 Å². The molecule has 0 fully saturated rings. The van der Waals surface area contributed by atoms with E-state index in [-0.39, 0.29) is 49.6 Å². The fraction of sp³-hybridized carbons (Fsp3) is 0.513. The molecule has 0 saturated heterocycles. The zero-order valence-corrected chi connectivity index (χ0v) is 31.0. The van der Waals surface area contributed by atoms with Gasteiger partial charge in [0.15, 0.2) is 0 Å². The Kier molecular flexibility index (Phi) is 20.4. The minimum Gasteiger partial charge on any atom is -0.407 e. The molecule has 0 aliphatic carbocycles. The van der Waals surface area contributed by atoms with Gasteiger partial charge in [-0.3, -0.25) is 4.79 Å². The Morgan fingerprint density at radius 2 is 1.25 bits per heavy atom. The van der Waals surface area contributed by atoms with Gasteiger partial charge in [-0.2, -0.15) is 0 Å². The van der Waals surface area contributed by atoms with Crippen LogP contribution in [0.15, 0.2) is 97.1 Å². The number of allylic oxidation sites excluding steroid dienone is 4. The quantitative estimate of drug-likeness (QED) is 0.0382. The van der Waals surface area contributed by atoms with Crippen molar-refractivity contribution in [1.29, 1.82) is 0 Å². The maximum Gasteiger partial charge on any atom is 0.261 e. The third-order valence-corrected chi connectivity index (χ3v) is 13.2. The fourth-order valence-electron chi connectivity index (χ4n) is 5.75. The largest absolute Gasteiger partial charge is 0.407 e. The topological polar surface area (TPSA) is 81.7 Å². The zero-order valence-electron chi connectivity index (χ0n) is 30.0. The number of hydrogen-bond acceptors (Lipinski definition) is 8. The van der Waals surface area contributed by atoms with Crippen molar-refractivity contribution in [3.8, 4) is 0 Å². The summed E-state index contributed by atoms with van der Waals surface area (Å²) in [6.07, 6.45) is 14.5. The summed E-state index contributed by atoms with van der Waals surface area (Å²) >= 11 is 0. The molecule has 0 amide bonds. The normalized spacial score (nSPS) is 15.3. The van der Waals surface area contributed by atoms with Gasteiger partial charge in [0.2, 0.25) is 0 Å². The molecule has 4 atom stereocenters. The molecule has 0 radical (unpaired) electrons. The number of methoxy groups -OCH3 is 3. The first-order valence-corrected chi connectivity index (χ1v) is 18.6. The Morgan fingerprint density at radius 3 is 1.79 bits per heavy atom. The van der Waals surface area contributed by atoms with Crippen molar-refractivity contribution in [1.82, 2.24) is 0 Å². The van der Waals surface area contributed by atoms with Crippen LogP contribution in [0.4, 0.5) is 0 Å². The summed E-state index contributed by atoms with van der Waals surface area (Å²) in [4.78, 5) is 10.6. The highest BCUT2D eigenvalue weighted by Gasteiger charge is 2.50. The third-order valence-electron chi connectivity index (χ3n) is 8.15. The molecule has 0 aliphatic rings. The van der Waals surface area contributed by atoms with Crippen molar-refractivity contribution in [2.24, 2.45) is 5.92 Å². The second-order valence-electron chi connectivity index (χ2n) is 12.8. The molecule has 0 aromatic heterocycles. The molecule has 0 aliphatic heterocycles. The van der Waals surface area contributed by atoms with Crippen LogP contribution in [0, 0.1) is 5.92 Å². The molecule has 2 aromatic rings. The van der Waals surface area contributed by atoms with Gasteiger partial charge in [0.25, 0.3) is 8.32 Å². The second kappa shape index (κ2) is 23.6. The molecule has 0 spiro atoms. The van der Waals surface area contributed by atoms with Gasteiger partial charge >= 0.3 is 0 Å². The molecule has 0 N–H and O–H groups in total. The molecular weight excluding hydrogens is 625 g/mol. The summed E-state index contributed by atoms with van der Waals surface area (Å²) in [6.45, 7) is 10.0. The molecule has 9 heteroatoms. The molecular formula is C39H58O8Si. The maximum atomic E-state index is 10.6. The molecule has 2 aromatic carbocycles. The van der Waals surface area contributed by atoms with E-state index in [4.69, 9.17) is 32.8 Å². The molecule has 2 rings (SSSR count). The number of hydrogen-bond donors (Lipinski definition) is 0. The lowest BCUT2D eigenvalue weighted by molar-refractivity contribution is -0.116. The molecule has 8 nitrogen and oxygen atoms in total. The summed E-state index contributed by atoms with van der Waals surface area (Å²) < 4.78 is 40.9. The highest BCUT2D eigenvalue weighted by molar-refractivity contribution is 6.99. The van der Waals surface area contributed by atoms with E-state index in [0.29, 0.717) is 25.9 Å². The Morgan fingerprint density at radius 1 is 0.708 bits per heavy atom. The second-order valence-corrected chi connectivity index (χ2v) is 17.1. The van der Waals surface area contributed by atoms with Crippen LogP contribution in [-0.2, 0) is 37.6 Å². The van der Waals surface area contributed by atoms with E-state index >= 15 is 0 Å². The lowest BCUT2D eigenvalue weighted by Crippen LogP contribution is -2.66. The van der Waals surface area contributed by atoms with Gasteiger partial charge in [-0.15, -0.1) is 0 Å². The van der Waals surface area contributed by atoms with E-state index in [1.165, 1.54) is 16.4 Å². The van der Waals surface area contributed by atoms with E-state index < -0.39 is 8.32 Å². The van der Waals surface area contributed by atoms with Crippen LogP contribution in [-0.4, -0.2) is 81.2 Å². The fourth-order valence-corrected chi connectivity index (χ4v) is 10.3. The van der Waals surface area contributed by atoms with Crippen molar-refractivity contribution in [2.75, 3.05) is 48.3 Å². The molecule has 0 unspecified atom stereocenters. The molecule has 266 valence electrons. The lowest BCUT2D eigenvalue weighted by atomic mass is 10.00. The van der Waals surface area contributed by atoms with E-state index in [2.05, 4.69) is 94.4 Å². The first kappa shape index (κ1) is 41.4. The SMILES string of the molecule is COCO[C@H](C/C=C/C=C\[C@@H](OCOC)[C@@H](C)C/C=C/C=O)C[C@H](CCO[Si](c1ccccc1)(c1ccccc1)C(C)(C)C)OCOC. The van der Waals surface area contributed by atoms with Gasteiger partial charge in [-0.1, -0.05) is 119 Å².